The molecule has 0 spiro atoms. The average molecular weight is 252 g/mol. The minimum absolute atomic E-state index is 0.0726. The summed E-state index contributed by atoms with van der Waals surface area (Å²) in [5, 5.41) is 13.1. The van der Waals surface area contributed by atoms with Gasteiger partial charge in [-0.3, -0.25) is 4.90 Å². The Morgan fingerprint density at radius 2 is 1.94 bits per heavy atom. The summed E-state index contributed by atoms with van der Waals surface area (Å²) in [6.45, 7) is 10.5. The van der Waals surface area contributed by atoms with Gasteiger partial charge < -0.3 is 9.94 Å². The Hall–Kier alpha value is -0.610. The summed E-state index contributed by atoms with van der Waals surface area (Å²) >= 11 is 0. The number of hydrogen-bond acceptors (Lipinski definition) is 4. The Morgan fingerprint density at radius 1 is 1.28 bits per heavy atom. The van der Waals surface area contributed by atoms with E-state index in [2.05, 4.69) is 30.8 Å². The maximum atomic E-state index is 9.40. The first kappa shape index (κ1) is 12.4. The first-order valence-corrected chi connectivity index (χ1v) is 7.05. The normalized spacial score (nSPS) is 45.8. The molecule has 0 aromatic carbocycles. The van der Waals surface area contributed by atoms with Crippen molar-refractivity contribution in [1.82, 2.24) is 4.90 Å². The quantitative estimate of drug-likeness (QED) is 0.573. The molecule has 4 aliphatic rings. The van der Waals surface area contributed by atoms with Gasteiger partial charge in [-0.05, 0) is 37.0 Å². The molecule has 2 bridgehead atoms. The molecule has 4 nitrogen and oxygen atoms in total. The highest BCUT2D eigenvalue weighted by molar-refractivity contribution is 5.95. The van der Waals surface area contributed by atoms with Crippen LogP contribution < -0.4 is 0 Å². The molecule has 4 rings (SSSR count). The minimum atomic E-state index is -0.0726. The molecule has 1 heterocycles. The van der Waals surface area contributed by atoms with Gasteiger partial charge in [0.25, 0.3) is 0 Å². The predicted octanol–water partition coefficient (Wildman–Crippen LogP) is 1.97. The fraction of sp³-hybridized carbons (Fsp3) is 0.929. The molecule has 4 fully saturated rings. The smallest absolute Gasteiger partial charge is 0.0776 e. The first-order chi connectivity index (χ1) is 8.51. The third kappa shape index (κ3) is 1.42. The predicted molar refractivity (Wildman–Crippen MR) is 70.0 cm³/mol. The zero-order chi connectivity index (χ0) is 13.0. The maximum Gasteiger partial charge on any atom is 0.0776 e. The number of hydrogen-bond donors (Lipinski definition) is 1. The molecule has 1 N–H and O–H groups in total. The van der Waals surface area contributed by atoms with Crippen molar-refractivity contribution in [3.05, 3.63) is 0 Å². The third-order valence-electron chi connectivity index (χ3n) is 5.96. The van der Waals surface area contributed by atoms with Gasteiger partial charge in [0.1, 0.15) is 0 Å². The van der Waals surface area contributed by atoms with Crippen molar-refractivity contribution < 1.29 is 9.94 Å². The molecule has 0 aromatic rings. The lowest BCUT2D eigenvalue weighted by molar-refractivity contribution is -0.128. The molecule has 1 saturated heterocycles. The van der Waals surface area contributed by atoms with Crippen LogP contribution in [0.2, 0.25) is 0 Å². The molecule has 1 aliphatic heterocycles. The van der Waals surface area contributed by atoms with Crippen LogP contribution in [0.1, 0.15) is 33.6 Å². The van der Waals surface area contributed by atoms with E-state index >= 15 is 0 Å². The molecule has 18 heavy (non-hydrogen) atoms. The van der Waals surface area contributed by atoms with Crippen molar-refractivity contribution in [2.24, 2.45) is 22.4 Å². The molecule has 3 atom stereocenters. The van der Waals surface area contributed by atoms with Crippen molar-refractivity contribution in [1.29, 1.82) is 0 Å². The second-order valence-corrected chi connectivity index (χ2v) is 6.80. The van der Waals surface area contributed by atoms with Crippen LogP contribution in [0.3, 0.4) is 0 Å². The van der Waals surface area contributed by atoms with Gasteiger partial charge in [-0.2, -0.15) is 0 Å². The Morgan fingerprint density at radius 3 is 2.50 bits per heavy atom. The topological polar surface area (TPSA) is 45.1 Å². The lowest BCUT2D eigenvalue weighted by atomic mass is 9.42. The minimum Gasteiger partial charge on any atom is -0.411 e. The first-order valence-electron chi connectivity index (χ1n) is 7.05. The maximum absolute atomic E-state index is 9.40. The molecule has 0 amide bonds. The summed E-state index contributed by atoms with van der Waals surface area (Å²) in [6, 6.07) is 0. The number of nitrogens with zero attached hydrogens (tertiary/aromatic N) is 2. The van der Waals surface area contributed by atoms with Crippen molar-refractivity contribution >= 4 is 5.71 Å². The fourth-order valence-corrected chi connectivity index (χ4v) is 4.53. The zero-order valence-electron chi connectivity index (χ0n) is 11.6. The van der Waals surface area contributed by atoms with Gasteiger partial charge in [-0.1, -0.05) is 19.0 Å². The van der Waals surface area contributed by atoms with Crippen molar-refractivity contribution in [2.45, 2.75) is 39.2 Å². The van der Waals surface area contributed by atoms with Gasteiger partial charge in [-0.25, -0.2) is 0 Å². The third-order valence-corrected chi connectivity index (χ3v) is 5.96. The van der Waals surface area contributed by atoms with Crippen LogP contribution in [0.15, 0.2) is 5.16 Å². The lowest BCUT2D eigenvalue weighted by Gasteiger charge is -2.67. The van der Waals surface area contributed by atoms with E-state index in [4.69, 9.17) is 4.74 Å². The van der Waals surface area contributed by atoms with Gasteiger partial charge >= 0.3 is 0 Å². The summed E-state index contributed by atoms with van der Waals surface area (Å²) in [6.07, 6.45) is 2.23. The van der Waals surface area contributed by atoms with Gasteiger partial charge in [0, 0.05) is 13.1 Å². The Bertz CT molecular complexity index is 374. The van der Waals surface area contributed by atoms with Crippen molar-refractivity contribution in [3.8, 4) is 0 Å². The Labute approximate surface area is 109 Å². The van der Waals surface area contributed by atoms with Crippen molar-refractivity contribution in [3.63, 3.8) is 0 Å². The number of rotatable bonds is 1. The summed E-state index contributed by atoms with van der Waals surface area (Å²) in [4.78, 5) is 2.48. The van der Waals surface area contributed by atoms with E-state index in [1.165, 1.54) is 6.42 Å². The number of ether oxygens (including phenoxy) is 1. The largest absolute Gasteiger partial charge is 0.411 e. The Kier molecular flexibility index (Phi) is 2.72. The molecular formula is C14H24N2O2. The summed E-state index contributed by atoms with van der Waals surface area (Å²) in [5.41, 5.74) is 1.29. The molecule has 3 aliphatic carbocycles. The van der Waals surface area contributed by atoms with E-state index < -0.39 is 0 Å². The van der Waals surface area contributed by atoms with Gasteiger partial charge in [-0.15, -0.1) is 0 Å². The standard InChI is InChI=1S/C14H24N2O2/c1-13(2)10-8-11(13)14(3,12(9-10)15-17)16-4-6-18-7-5-16/h10-11,17H,4-9H2,1-3H3/b15-12+. The number of oxime groups is 1. The SMILES string of the molecule is CC1(C)C2C/C(=N\O)C(C)(N3CCOCC3)C1C2. The van der Waals surface area contributed by atoms with E-state index in [-0.39, 0.29) is 5.54 Å². The number of fused-ring (bicyclic) bond motifs is 2. The van der Waals surface area contributed by atoms with Gasteiger partial charge in [0.2, 0.25) is 0 Å². The van der Waals surface area contributed by atoms with Gasteiger partial charge in [0.05, 0.1) is 24.5 Å². The monoisotopic (exact) mass is 252 g/mol. The highest BCUT2D eigenvalue weighted by Crippen LogP contribution is 2.63. The van der Waals surface area contributed by atoms with E-state index in [9.17, 15) is 5.21 Å². The van der Waals surface area contributed by atoms with Crippen LogP contribution >= 0.6 is 0 Å². The highest BCUT2D eigenvalue weighted by atomic mass is 16.5. The number of morpholine rings is 1. The van der Waals surface area contributed by atoms with Crippen molar-refractivity contribution in [2.75, 3.05) is 26.3 Å². The fourth-order valence-electron chi connectivity index (χ4n) is 4.53. The molecule has 0 radical (unpaired) electrons. The molecule has 3 unspecified atom stereocenters. The van der Waals surface area contributed by atoms with Crippen LogP contribution in [0.25, 0.3) is 0 Å². The molecule has 4 heteroatoms. The van der Waals surface area contributed by atoms with Crippen LogP contribution in [0.5, 0.6) is 0 Å². The lowest BCUT2D eigenvalue weighted by Crippen LogP contribution is -2.72. The van der Waals surface area contributed by atoms with E-state index in [1.807, 2.05) is 0 Å². The van der Waals surface area contributed by atoms with Gasteiger partial charge in [0.15, 0.2) is 0 Å². The van der Waals surface area contributed by atoms with E-state index in [0.29, 0.717) is 17.3 Å². The molecule has 102 valence electrons. The zero-order valence-corrected chi connectivity index (χ0v) is 11.6. The Balaban J connectivity index is 1.94. The van der Waals surface area contributed by atoms with E-state index in [1.54, 1.807) is 0 Å². The second-order valence-electron chi connectivity index (χ2n) is 6.80. The summed E-state index contributed by atoms with van der Waals surface area (Å²) in [5.74, 6) is 1.30. The van der Waals surface area contributed by atoms with E-state index in [0.717, 1.165) is 38.4 Å². The van der Waals surface area contributed by atoms with Crippen LogP contribution in [-0.2, 0) is 4.74 Å². The molecule has 3 saturated carbocycles. The molecular weight excluding hydrogens is 228 g/mol. The second kappa shape index (κ2) is 3.94. The highest BCUT2D eigenvalue weighted by Gasteiger charge is 2.64. The van der Waals surface area contributed by atoms with Crippen LogP contribution in [0.4, 0.5) is 0 Å². The molecule has 0 aromatic heterocycles. The summed E-state index contributed by atoms with van der Waals surface area (Å²) in [7, 11) is 0. The average Bonchev–Trinajstić information content (AvgIpc) is 2.39. The summed E-state index contributed by atoms with van der Waals surface area (Å²) < 4.78 is 5.46. The van der Waals surface area contributed by atoms with Crippen LogP contribution in [-0.4, -0.2) is 47.7 Å². The van der Waals surface area contributed by atoms with Crippen LogP contribution in [0, 0.1) is 17.3 Å².